The van der Waals surface area contributed by atoms with Gasteiger partial charge in [0, 0.05) is 32.5 Å². The quantitative estimate of drug-likeness (QED) is 0.128. The van der Waals surface area contributed by atoms with E-state index in [0.717, 1.165) is 50.0 Å². The summed E-state index contributed by atoms with van der Waals surface area (Å²) >= 11 is 0. The molecule has 8 aromatic rings. The number of aromatic nitrogens is 2. The summed E-state index contributed by atoms with van der Waals surface area (Å²) in [5.74, 6) is 0. The zero-order valence-electron chi connectivity index (χ0n) is 27.1. The number of fused-ring (bicyclic) bond motifs is 3. The number of furan rings is 1. The van der Waals surface area contributed by atoms with Crippen molar-refractivity contribution in [2.75, 3.05) is 0 Å². The molecule has 3 nitrogen and oxygen atoms in total. The Morgan fingerprint density at radius 2 is 1.27 bits per heavy atom. The third-order valence-electron chi connectivity index (χ3n) is 8.26. The molecule has 0 bridgehead atoms. The van der Waals surface area contributed by atoms with Gasteiger partial charge in [-0.1, -0.05) is 122 Å². The predicted octanol–water partition coefficient (Wildman–Crippen LogP) is 10.9. The molecule has 237 valence electrons. The molecule has 48 heavy (non-hydrogen) atoms. The first-order valence-electron chi connectivity index (χ1n) is 15.8. The first-order chi connectivity index (χ1) is 22.9. The Morgan fingerprint density at radius 3 is 1.92 bits per heavy atom. The molecular formula is C43H34IrN2OSi-2. The van der Waals surface area contributed by atoms with Gasteiger partial charge in [-0.05, 0) is 56.3 Å². The van der Waals surface area contributed by atoms with Gasteiger partial charge in [0.15, 0.2) is 0 Å². The molecule has 0 aliphatic heterocycles. The van der Waals surface area contributed by atoms with Crippen LogP contribution in [0.2, 0.25) is 19.6 Å². The first-order valence-corrected chi connectivity index (χ1v) is 19.3. The van der Waals surface area contributed by atoms with Gasteiger partial charge in [0.05, 0.1) is 13.7 Å². The Hall–Kier alpha value is -4.93. The summed E-state index contributed by atoms with van der Waals surface area (Å²) < 4.78 is 6.14. The molecule has 0 spiro atoms. The van der Waals surface area contributed by atoms with Crippen LogP contribution in [0.15, 0.2) is 156 Å². The van der Waals surface area contributed by atoms with Crippen LogP contribution in [0.3, 0.4) is 0 Å². The summed E-state index contributed by atoms with van der Waals surface area (Å²) in [5, 5.41) is 3.56. The summed E-state index contributed by atoms with van der Waals surface area (Å²) in [4.78, 5) is 9.10. The second-order valence-electron chi connectivity index (χ2n) is 12.5. The summed E-state index contributed by atoms with van der Waals surface area (Å²) in [6.45, 7) is 7.00. The average molecular weight is 815 g/mol. The summed E-state index contributed by atoms with van der Waals surface area (Å²) in [7, 11) is -1.23. The first kappa shape index (κ1) is 33.0. The fourth-order valence-electron chi connectivity index (χ4n) is 5.60. The van der Waals surface area contributed by atoms with Crippen molar-refractivity contribution in [3.63, 3.8) is 0 Å². The van der Waals surface area contributed by atoms with Crippen molar-refractivity contribution in [2.45, 2.75) is 19.6 Å². The fourth-order valence-corrected chi connectivity index (χ4v) is 6.64. The zero-order valence-corrected chi connectivity index (χ0v) is 30.5. The van der Waals surface area contributed by atoms with E-state index in [9.17, 15) is 0 Å². The molecule has 3 aromatic heterocycles. The molecule has 0 amide bonds. The van der Waals surface area contributed by atoms with Crippen molar-refractivity contribution < 1.29 is 24.5 Å². The maximum Gasteiger partial charge on any atom is 0.123 e. The molecule has 0 saturated carbocycles. The molecule has 0 aliphatic rings. The van der Waals surface area contributed by atoms with Crippen LogP contribution in [-0.2, 0) is 20.1 Å². The van der Waals surface area contributed by atoms with Crippen molar-refractivity contribution in [3.05, 3.63) is 164 Å². The SMILES string of the molecule is C[Si](C)(C)c1ccc(-c2[c-]cccc2)nc1.[Ir].[c-]1c(-c2cc(-c3ccccc3)ccn2)ccc2c1oc1ccc(-c3ccccc3)cc12. The van der Waals surface area contributed by atoms with Crippen molar-refractivity contribution in [1.29, 1.82) is 0 Å². The van der Waals surface area contributed by atoms with Crippen LogP contribution in [0.1, 0.15) is 0 Å². The van der Waals surface area contributed by atoms with E-state index in [2.05, 4.69) is 121 Å². The van der Waals surface area contributed by atoms with Crippen molar-refractivity contribution >= 4 is 35.2 Å². The molecule has 5 aromatic carbocycles. The van der Waals surface area contributed by atoms with E-state index in [1.54, 1.807) is 0 Å². The second-order valence-corrected chi connectivity index (χ2v) is 17.6. The van der Waals surface area contributed by atoms with E-state index in [0.29, 0.717) is 0 Å². The zero-order chi connectivity index (χ0) is 32.2. The van der Waals surface area contributed by atoms with Crippen LogP contribution >= 0.6 is 0 Å². The molecule has 0 saturated heterocycles. The van der Waals surface area contributed by atoms with E-state index in [-0.39, 0.29) is 20.1 Å². The molecule has 0 fully saturated rings. The fraction of sp³-hybridized carbons (Fsp3) is 0.0698. The van der Waals surface area contributed by atoms with Gasteiger partial charge < -0.3 is 14.4 Å². The number of rotatable bonds is 5. The van der Waals surface area contributed by atoms with Gasteiger partial charge in [0.1, 0.15) is 5.58 Å². The summed E-state index contributed by atoms with van der Waals surface area (Å²) in [5.41, 5.74) is 10.2. The van der Waals surface area contributed by atoms with Crippen LogP contribution in [0.4, 0.5) is 0 Å². The van der Waals surface area contributed by atoms with E-state index in [4.69, 9.17) is 4.42 Å². The van der Waals surface area contributed by atoms with E-state index in [1.165, 1.54) is 21.9 Å². The minimum absolute atomic E-state index is 0. The largest absolute Gasteiger partial charge is 0.477 e. The molecule has 0 atom stereocenters. The number of hydrogen-bond acceptors (Lipinski definition) is 3. The second kappa shape index (κ2) is 14.5. The van der Waals surface area contributed by atoms with Gasteiger partial charge in [-0.3, -0.25) is 0 Å². The van der Waals surface area contributed by atoms with Gasteiger partial charge >= 0.3 is 0 Å². The Balaban J connectivity index is 0.000000201. The van der Waals surface area contributed by atoms with Crippen molar-refractivity contribution in [3.8, 4) is 44.8 Å². The van der Waals surface area contributed by atoms with Gasteiger partial charge in [0.25, 0.3) is 0 Å². The third kappa shape index (κ3) is 7.29. The van der Waals surface area contributed by atoms with E-state index >= 15 is 0 Å². The van der Waals surface area contributed by atoms with Crippen LogP contribution in [-0.4, -0.2) is 18.0 Å². The number of pyridine rings is 2. The number of hydrogen-bond donors (Lipinski definition) is 0. The molecule has 5 heteroatoms. The van der Waals surface area contributed by atoms with Crippen molar-refractivity contribution in [1.82, 2.24) is 9.97 Å². The Kier molecular flexibility index (Phi) is 9.93. The summed E-state index contributed by atoms with van der Waals surface area (Å²) in [6.07, 6.45) is 3.86. The maximum absolute atomic E-state index is 6.14. The monoisotopic (exact) mass is 815 g/mol. The molecule has 3 heterocycles. The number of nitrogens with zero attached hydrogens (tertiary/aromatic N) is 2. The van der Waals surface area contributed by atoms with Gasteiger partial charge in [-0.15, -0.1) is 53.6 Å². The topological polar surface area (TPSA) is 38.9 Å². The molecule has 1 radical (unpaired) electrons. The average Bonchev–Trinajstić information content (AvgIpc) is 3.50. The number of benzene rings is 5. The molecule has 0 unspecified atom stereocenters. The van der Waals surface area contributed by atoms with Gasteiger partial charge in [-0.25, -0.2) is 0 Å². The van der Waals surface area contributed by atoms with Crippen molar-refractivity contribution in [2.24, 2.45) is 0 Å². The Labute approximate surface area is 296 Å². The van der Waals surface area contributed by atoms with E-state index in [1.807, 2.05) is 73.1 Å². The molecule has 8 rings (SSSR count). The minimum Gasteiger partial charge on any atom is -0.477 e. The van der Waals surface area contributed by atoms with Crippen LogP contribution < -0.4 is 5.19 Å². The predicted molar refractivity (Wildman–Crippen MR) is 198 cm³/mol. The third-order valence-corrected chi connectivity index (χ3v) is 10.3. The molecule has 0 N–H and O–H groups in total. The van der Waals surface area contributed by atoms with E-state index < -0.39 is 8.07 Å². The smallest absolute Gasteiger partial charge is 0.123 e. The normalized spacial score (nSPS) is 11.1. The maximum atomic E-state index is 6.14. The van der Waals surface area contributed by atoms with Gasteiger partial charge in [0.2, 0.25) is 0 Å². The standard InChI is InChI=1S/C29H18NO.C14H16NSi.Ir/c1-3-7-20(8-4-1)22-12-14-28-26(17-22)25-13-11-24(19-29(25)31-28)27-18-23(15-16-30-27)21-9-5-2-6-10-21;1-16(2,3)13-9-10-14(15-11-13)12-7-5-4-6-8-12;/h1-18H;4-7,9-11H,1-3H3;/q2*-1;. The minimum atomic E-state index is -1.23. The molecule has 0 aliphatic carbocycles. The summed E-state index contributed by atoms with van der Waals surface area (Å²) in [6, 6.07) is 54.3. The molecular weight excluding hydrogens is 781 g/mol. The van der Waals surface area contributed by atoms with Crippen LogP contribution in [0.25, 0.3) is 66.7 Å². The Bertz CT molecular complexity index is 2260. The van der Waals surface area contributed by atoms with Gasteiger partial charge in [-0.2, -0.15) is 0 Å². The Morgan fingerprint density at radius 1 is 0.562 bits per heavy atom. The van der Waals surface area contributed by atoms with Crippen LogP contribution in [0.5, 0.6) is 0 Å². The van der Waals surface area contributed by atoms with Crippen LogP contribution in [0, 0.1) is 12.1 Å².